The van der Waals surface area contributed by atoms with Crippen molar-refractivity contribution >= 4 is 5.78 Å². The number of halogens is 2. The summed E-state index contributed by atoms with van der Waals surface area (Å²) in [5.74, 6) is -2.47. The molecule has 1 fully saturated rings. The van der Waals surface area contributed by atoms with Crippen LogP contribution in [0.2, 0.25) is 0 Å². The maximum atomic E-state index is 13.5. The number of carbonyl (C=O) groups is 1. The fourth-order valence-corrected chi connectivity index (χ4v) is 2.46. The van der Waals surface area contributed by atoms with E-state index in [4.69, 9.17) is 5.11 Å². The quantitative estimate of drug-likeness (QED) is 0.781. The van der Waals surface area contributed by atoms with Crippen LogP contribution in [-0.4, -0.2) is 41.5 Å². The van der Waals surface area contributed by atoms with Gasteiger partial charge in [0.15, 0.2) is 17.4 Å². The molecule has 0 heterocycles. The van der Waals surface area contributed by atoms with Crippen LogP contribution in [0.25, 0.3) is 0 Å². The average Bonchev–Trinajstić information content (AvgIpc) is 2.37. The number of hydrogen-bond acceptors (Lipinski definition) is 3. The molecule has 0 saturated heterocycles. The third kappa shape index (κ3) is 3.41. The minimum absolute atomic E-state index is 0.0407. The first-order chi connectivity index (χ1) is 9.63. The molecule has 3 nitrogen and oxygen atoms in total. The third-order valence-corrected chi connectivity index (χ3v) is 3.86. The maximum absolute atomic E-state index is 13.5. The molecule has 0 amide bonds. The number of hydrogen-bond donors (Lipinski definition) is 1. The van der Waals surface area contributed by atoms with E-state index in [0.717, 1.165) is 18.9 Å². The van der Waals surface area contributed by atoms with Crippen molar-refractivity contribution in [1.29, 1.82) is 0 Å². The second-order valence-corrected chi connectivity index (χ2v) is 5.12. The Bertz CT molecular complexity index is 475. The molecule has 5 heteroatoms. The lowest BCUT2D eigenvalue weighted by atomic mass is 9.91. The monoisotopic (exact) mass is 283 g/mol. The normalized spacial score (nSPS) is 15.4. The van der Waals surface area contributed by atoms with Crippen molar-refractivity contribution in [2.24, 2.45) is 0 Å². The molecule has 1 saturated carbocycles. The highest BCUT2D eigenvalue weighted by molar-refractivity contribution is 5.96. The van der Waals surface area contributed by atoms with E-state index in [-0.39, 0.29) is 18.6 Å². The van der Waals surface area contributed by atoms with E-state index in [9.17, 15) is 13.6 Å². The molecule has 0 aliphatic heterocycles. The summed E-state index contributed by atoms with van der Waals surface area (Å²) in [6, 6.07) is 4.05. The topological polar surface area (TPSA) is 40.5 Å². The molecular weight excluding hydrogens is 264 g/mol. The Labute approximate surface area is 117 Å². The maximum Gasteiger partial charge on any atom is 0.169 e. The van der Waals surface area contributed by atoms with Crippen molar-refractivity contribution in [3.63, 3.8) is 0 Å². The average molecular weight is 283 g/mol. The van der Waals surface area contributed by atoms with Crippen LogP contribution in [0, 0.1) is 11.6 Å². The van der Waals surface area contributed by atoms with E-state index < -0.39 is 17.4 Å². The summed E-state index contributed by atoms with van der Waals surface area (Å²) in [4.78, 5) is 14.0. The summed E-state index contributed by atoms with van der Waals surface area (Å²) in [5, 5.41) is 9.03. The van der Waals surface area contributed by atoms with Gasteiger partial charge in [0.05, 0.1) is 12.2 Å². The lowest BCUT2D eigenvalue weighted by molar-refractivity contribution is 0.0838. The van der Waals surface area contributed by atoms with Gasteiger partial charge in [0.25, 0.3) is 0 Å². The Morgan fingerprint density at radius 1 is 1.30 bits per heavy atom. The second kappa shape index (κ2) is 6.90. The van der Waals surface area contributed by atoms with Crippen LogP contribution < -0.4 is 0 Å². The molecule has 1 N–H and O–H groups in total. The van der Waals surface area contributed by atoms with Crippen LogP contribution >= 0.6 is 0 Å². The van der Waals surface area contributed by atoms with Gasteiger partial charge in [-0.1, -0.05) is 12.5 Å². The molecule has 0 radical (unpaired) electrons. The Morgan fingerprint density at radius 2 is 2.05 bits per heavy atom. The molecule has 1 aliphatic rings. The number of ketones is 1. The molecule has 0 aromatic heterocycles. The minimum atomic E-state index is -1.07. The highest BCUT2D eigenvalue weighted by Gasteiger charge is 2.25. The molecule has 0 unspecified atom stereocenters. The Kier molecular flexibility index (Phi) is 5.20. The zero-order chi connectivity index (χ0) is 14.5. The fourth-order valence-electron chi connectivity index (χ4n) is 2.46. The van der Waals surface area contributed by atoms with Gasteiger partial charge in [0, 0.05) is 25.6 Å². The highest BCUT2D eigenvalue weighted by Crippen LogP contribution is 2.25. The first kappa shape index (κ1) is 15.1. The van der Waals surface area contributed by atoms with Gasteiger partial charge in [-0.05, 0) is 25.0 Å². The van der Waals surface area contributed by atoms with Crippen LogP contribution in [0.1, 0.15) is 36.0 Å². The molecule has 2 rings (SSSR count). The van der Waals surface area contributed by atoms with Crippen molar-refractivity contribution in [1.82, 2.24) is 4.90 Å². The summed E-state index contributed by atoms with van der Waals surface area (Å²) >= 11 is 0. The zero-order valence-corrected chi connectivity index (χ0v) is 11.3. The summed E-state index contributed by atoms with van der Waals surface area (Å²) in [6.45, 7) is 1.03. The Morgan fingerprint density at radius 3 is 2.65 bits per heavy atom. The summed E-state index contributed by atoms with van der Waals surface area (Å²) in [7, 11) is 0. The van der Waals surface area contributed by atoms with E-state index in [1.807, 2.05) is 0 Å². The van der Waals surface area contributed by atoms with Gasteiger partial charge in [-0.25, -0.2) is 8.78 Å². The first-order valence-electron chi connectivity index (χ1n) is 6.95. The molecule has 1 aliphatic carbocycles. The summed E-state index contributed by atoms with van der Waals surface area (Å²) in [5.41, 5.74) is -0.192. The summed E-state index contributed by atoms with van der Waals surface area (Å²) < 4.78 is 26.6. The van der Waals surface area contributed by atoms with Crippen LogP contribution in [0.3, 0.4) is 0 Å². The van der Waals surface area contributed by atoms with Gasteiger partial charge >= 0.3 is 0 Å². The number of carbonyl (C=O) groups excluding carboxylic acids is 1. The second-order valence-electron chi connectivity index (χ2n) is 5.12. The van der Waals surface area contributed by atoms with Crippen LogP contribution in [0.5, 0.6) is 0 Å². The number of aliphatic hydroxyl groups excluding tert-OH is 1. The molecule has 110 valence electrons. The smallest absolute Gasteiger partial charge is 0.169 e. The molecule has 1 aromatic rings. The van der Waals surface area contributed by atoms with Crippen molar-refractivity contribution < 1.29 is 18.7 Å². The lowest BCUT2D eigenvalue weighted by Gasteiger charge is -2.37. The standard InChI is InChI=1S/C15H19F2NO2/c16-13-6-2-5-12(15(13)17)14(20)7-8-18(9-10-19)11-3-1-4-11/h2,5-6,11,19H,1,3-4,7-10H2. The molecule has 0 spiro atoms. The van der Waals surface area contributed by atoms with Crippen LogP contribution in [0.4, 0.5) is 8.78 Å². The minimum Gasteiger partial charge on any atom is -0.395 e. The summed E-state index contributed by atoms with van der Waals surface area (Å²) in [6.07, 6.45) is 3.45. The van der Waals surface area contributed by atoms with Crippen molar-refractivity contribution in [2.45, 2.75) is 31.7 Å². The lowest BCUT2D eigenvalue weighted by Crippen LogP contribution is -2.42. The van der Waals surface area contributed by atoms with Gasteiger partial charge in [-0.15, -0.1) is 0 Å². The van der Waals surface area contributed by atoms with E-state index in [0.29, 0.717) is 19.1 Å². The molecule has 20 heavy (non-hydrogen) atoms. The predicted molar refractivity (Wildman–Crippen MR) is 71.6 cm³/mol. The molecule has 1 aromatic carbocycles. The Hall–Kier alpha value is -1.33. The van der Waals surface area contributed by atoms with Gasteiger partial charge in [0.2, 0.25) is 0 Å². The number of benzene rings is 1. The van der Waals surface area contributed by atoms with Gasteiger partial charge < -0.3 is 5.11 Å². The van der Waals surface area contributed by atoms with Crippen molar-refractivity contribution in [3.8, 4) is 0 Å². The predicted octanol–water partition coefficient (Wildman–Crippen LogP) is 2.38. The van der Waals surface area contributed by atoms with E-state index in [2.05, 4.69) is 4.90 Å². The molecular formula is C15H19F2NO2. The third-order valence-electron chi connectivity index (χ3n) is 3.86. The zero-order valence-electron chi connectivity index (χ0n) is 11.3. The fraction of sp³-hybridized carbons (Fsp3) is 0.533. The van der Waals surface area contributed by atoms with E-state index in [1.165, 1.54) is 18.6 Å². The number of nitrogens with zero attached hydrogens (tertiary/aromatic N) is 1. The number of rotatable bonds is 7. The Balaban J connectivity index is 1.94. The number of Topliss-reactive ketones (excluding diaryl/α,β-unsaturated/α-hetero) is 1. The number of aliphatic hydroxyl groups is 1. The first-order valence-corrected chi connectivity index (χ1v) is 6.95. The van der Waals surface area contributed by atoms with Crippen LogP contribution in [-0.2, 0) is 0 Å². The van der Waals surface area contributed by atoms with E-state index >= 15 is 0 Å². The van der Waals surface area contributed by atoms with Crippen molar-refractivity contribution in [3.05, 3.63) is 35.4 Å². The molecule has 0 atom stereocenters. The van der Waals surface area contributed by atoms with E-state index in [1.54, 1.807) is 0 Å². The van der Waals surface area contributed by atoms with Crippen LogP contribution in [0.15, 0.2) is 18.2 Å². The van der Waals surface area contributed by atoms with Crippen molar-refractivity contribution in [2.75, 3.05) is 19.7 Å². The largest absolute Gasteiger partial charge is 0.395 e. The SMILES string of the molecule is O=C(CCN(CCO)C1CCC1)c1cccc(F)c1F. The van der Waals surface area contributed by atoms with Gasteiger partial charge in [-0.3, -0.25) is 9.69 Å². The van der Waals surface area contributed by atoms with Gasteiger partial charge in [0.1, 0.15) is 0 Å². The van der Waals surface area contributed by atoms with Gasteiger partial charge in [-0.2, -0.15) is 0 Å². The highest BCUT2D eigenvalue weighted by atomic mass is 19.2. The molecule has 0 bridgehead atoms.